The van der Waals surface area contributed by atoms with E-state index in [0.717, 1.165) is 47.4 Å². The molecule has 4 nitrogen and oxygen atoms in total. The summed E-state index contributed by atoms with van der Waals surface area (Å²) in [5, 5.41) is 51.9. The largest absolute Gasteiger partial charge is 0.489 e. The zero-order chi connectivity index (χ0) is 50.3. The summed E-state index contributed by atoms with van der Waals surface area (Å²) < 4.78 is 5.91. The first kappa shape index (κ1) is 46.6. The molecule has 12 aromatic carbocycles. The second-order valence-corrected chi connectivity index (χ2v) is 21.1. The van der Waals surface area contributed by atoms with Crippen molar-refractivity contribution in [3.63, 3.8) is 0 Å². The van der Waals surface area contributed by atoms with Gasteiger partial charge in [0.25, 0.3) is 0 Å². The van der Waals surface area contributed by atoms with E-state index in [0.29, 0.717) is 11.0 Å². The molecule has 2 N–H and O–H groups in total. The molecule has 0 aliphatic carbocycles. The lowest BCUT2D eigenvalue weighted by Gasteiger charge is -2.17. The number of fused-ring (bicyclic) bond motifs is 10. The van der Waals surface area contributed by atoms with Crippen molar-refractivity contribution in [3.8, 4) is 45.5 Å². The minimum absolute atomic E-state index is 0.566. The Labute approximate surface area is 443 Å². The van der Waals surface area contributed by atoms with Gasteiger partial charge < -0.3 is 10.0 Å². The Balaban J connectivity index is 0.000000122. The molecule has 0 amide bonds. The van der Waals surface area contributed by atoms with Crippen LogP contribution in [0.2, 0.25) is 0 Å². The fourth-order valence-corrected chi connectivity index (χ4v) is 13.4. The monoisotopic (exact) mass is 1050 g/mol. The van der Waals surface area contributed by atoms with Crippen molar-refractivity contribution in [2.24, 2.45) is 0 Å². The third-order valence-electron chi connectivity index (χ3n) is 13.7. The summed E-state index contributed by atoms with van der Waals surface area (Å²) in [5.74, 6) is 0. The molecule has 0 atom stereocenters. The number of thiophene rings is 2. The summed E-state index contributed by atoms with van der Waals surface area (Å²) in [6.45, 7) is 0. The fourth-order valence-electron chi connectivity index (χ4n) is 10.5. The molecule has 2 aromatic heterocycles. The average Bonchev–Trinajstić information content (AvgIpc) is 4.01. The number of hydrogen-bond acceptors (Lipinski definition) is 6. The summed E-state index contributed by atoms with van der Waals surface area (Å²) >= 11 is 6.96. The Hall–Kier alpha value is -8.44. The minimum Gasteiger partial charge on any atom is -0.423 e. The summed E-state index contributed by atoms with van der Waals surface area (Å²) in [7, 11) is -1.50. The van der Waals surface area contributed by atoms with Crippen molar-refractivity contribution in [2.75, 3.05) is 0 Å². The molecule has 2 heterocycles. The third kappa shape index (κ3) is 8.45. The predicted molar refractivity (Wildman–Crippen MR) is 318 cm³/mol. The normalized spacial score (nSPS) is 11.1. The Kier molecular flexibility index (Phi) is 12.5. The van der Waals surface area contributed by atoms with Gasteiger partial charge in [-0.3, -0.25) is 0 Å². The van der Waals surface area contributed by atoms with E-state index in [2.05, 4.69) is 155 Å². The lowest BCUT2D eigenvalue weighted by molar-refractivity contribution is 0.426. The highest BCUT2D eigenvalue weighted by molar-refractivity contribution is 9.10. The second-order valence-electron chi connectivity index (χ2n) is 18.0. The first-order valence-corrected chi connectivity index (χ1v) is 26.5. The summed E-state index contributed by atoms with van der Waals surface area (Å²) in [4.78, 5) is 0. The van der Waals surface area contributed by atoms with Gasteiger partial charge in [-0.1, -0.05) is 204 Å². The van der Waals surface area contributed by atoms with Crippen LogP contribution in [0.4, 0.5) is 0 Å². The average molecular weight is 1050 g/mol. The van der Waals surface area contributed by atoms with Crippen molar-refractivity contribution >= 4 is 135 Å². The Morgan fingerprint density at radius 3 is 1.05 bits per heavy atom. The highest BCUT2D eigenvalue weighted by atomic mass is 79.9. The topological polar surface area (TPSA) is 88.0 Å². The molecule has 8 heteroatoms. The van der Waals surface area contributed by atoms with Crippen LogP contribution in [0, 0.1) is 22.7 Å². The van der Waals surface area contributed by atoms with Crippen molar-refractivity contribution in [3.05, 3.63) is 246 Å². The van der Waals surface area contributed by atoms with Crippen LogP contribution in [0.1, 0.15) is 11.1 Å². The highest BCUT2D eigenvalue weighted by Crippen LogP contribution is 2.46. The van der Waals surface area contributed by atoms with Gasteiger partial charge >= 0.3 is 7.12 Å². The van der Waals surface area contributed by atoms with Gasteiger partial charge in [0.2, 0.25) is 0 Å². The van der Waals surface area contributed by atoms with E-state index in [1.807, 2.05) is 103 Å². The molecule has 0 aliphatic rings. The molecule has 348 valence electrons. The van der Waals surface area contributed by atoms with Gasteiger partial charge in [-0.2, -0.15) is 10.5 Å². The number of hydrogen-bond donors (Lipinski definition) is 2. The fraction of sp³-hybridized carbons (Fsp3) is 0. The molecule has 74 heavy (non-hydrogen) atoms. The molecule has 14 aromatic rings. The Bertz CT molecular complexity index is 4460. The van der Waals surface area contributed by atoms with Crippen LogP contribution in [-0.2, 0) is 0 Å². The summed E-state index contributed by atoms with van der Waals surface area (Å²) in [6.07, 6.45) is 0. The van der Waals surface area contributed by atoms with Crippen LogP contribution in [0.5, 0.6) is 0 Å². The van der Waals surface area contributed by atoms with Crippen molar-refractivity contribution in [1.29, 1.82) is 10.5 Å². The van der Waals surface area contributed by atoms with Crippen molar-refractivity contribution in [2.45, 2.75) is 0 Å². The van der Waals surface area contributed by atoms with Gasteiger partial charge in [-0.05, 0) is 124 Å². The molecule has 0 saturated carbocycles. The summed E-state index contributed by atoms with van der Waals surface area (Å²) in [6, 6.07) is 83.6. The molecule has 0 aliphatic heterocycles. The molecule has 0 fully saturated rings. The molecular formula is C66H40BBrN2O2S2. The van der Waals surface area contributed by atoms with E-state index in [4.69, 9.17) is 5.26 Å². The molecule has 0 saturated heterocycles. The number of halogens is 1. The maximum absolute atomic E-state index is 9.94. The van der Waals surface area contributed by atoms with Crippen LogP contribution < -0.4 is 5.46 Å². The first-order chi connectivity index (χ1) is 36.4. The van der Waals surface area contributed by atoms with E-state index in [9.17, 15) is 15.3 Å². The van der Waals surface area contributed by atoms with Crippen LogP contribution in [0.25, 0.3) is 117 Å². The quantitative estimate of drug-likeness (QED) is 0.136. The van der Waals surface area contributed by atoms with E-state index in [1.54, 1.807) is 22.7 Å². The van der Waals surface area contributed by atoms with Crippen LogP contribution in [0.15, 0.2) is 235 Å². The van der Waals surface area contributed by atoms with Crippen LogP contribution >= 0.6 is 38.6 Å². The third-order valence-corrected chi connectivity index (χ3v) is 16.5. The highest BCUT2D eigenvalue weighted by Gasteiger charge is 2.22. The van der Waals surface area contributed by atoms with E-state index >= 15 is 0 Å². The predicted octanol–water partition coefficient (Wildman–Crippen LogP) is 17.6. The van der Waals surface area contributed by atoms with E-state index in [1.165, 1.54) is 79.4 Å². The number of rotatable bonds is 4. The zero-order valence-electron chi connectivity index (χ0n) is 39.5. The maximum atomic E-state index is 9.94. The summed E-state index contributed by atoms with van der Waals surface area (Å²) in [5.41, 5.74) is 9.25. The van der Waals surface area contributed by atoms with Gasteiger partial charge in [0.05, 0.1) is 23.3 Å². The lowest BCUT2D eigenvalue weighted by Crippen LogP contribution is -2.31. The molecule has 0 unspecified atom stereocenters. The number of nitrogens with zero attached hydrogens (tertiary/aromatic N) is 2. The van der Waals surface area contributed by atoms with Crippen molar-refractivity contribution < 1.29 is 10.0 Å². The van der Waals surface area contributed by atoms with Crippen LogP contribution in [0.3, 0.4) is 0 Å². The molecule has 0 bridgehead atoms. The first-order valence-electron chi connectivity index (χ1n) is 24.1. The van der Waals surface area contributed by atoms with Gasteiger partial charge in [-0.15, -0.1) is 22.7 Å². The van der Waals surface area contributed by atoms with Gasteiger partial charge in [0.15, 0.2) is 0 Å². The molecule has 0 radical (unpaired) electrons. The van der Waals surface area contributed by atoms with Crippen molar-refractivity contribution in [1.82, 2.24) is 0 Å². The smallest absolute Gasteiger partial charge is 0.423 e. The lowest BCUT2D eigenvalue weighted by atomic mass is 9.72. The van der Waals surface area contributed by atoms with Gasteiger partial charge in [0, 0.05) is 44.8 Å². The zero-order valence-corrected chi connectivity index (χ0v) is 42.7. The van der Waals surface area contributed by atoms with Crippen LogP contribution in [-0.4, -0.2) is 17.2 Å². The van der Waals surface area contributed by atoms with E-state index < -0.39 is 7.12 Å². The van der Waals surface area contributed by atoms with Gasteiger partial charge in [-0.25, -0.2) is 0 Å². The molecule has 14 rings (SSSR count). The standard InChI is InChI=1S/C33H19NS.C20H15BO2.C13H6BrNS/c34-20-21-14-16-24-25-17-15-23(19-31(25)35-30(24)18-21)33-28-12-6-4-10-26(28)32(22-8-2-1-3-9-22)27-11-5-7-13-29(27)33;22-21(23)20-17-12-6-4-10-15(17)19(14-8-2-1-3-9-14)16-11-5-7-13-18(16)20;14-9-2-4-11-10-3-1-8(7-15)5-12(10)16-13(11)6-9/h1-19H;1-13,22-23H;1-6H. The molecule has 0 spiro atoms. The number of nitriles is 2. The maximum Gasteiger partial charge on any atom is 0.489 e. The number of benzene rings is 12. The van der Waals surface area contributed by atoms with E-state index in [-0.39, 0.29) is 0 Å². The SMILES string of the molecule is N#Cc1ccc2c(c1)sc1cc(-c3c4ccccc4c(-c4ccccc4)c4ccccc34)ccc12.N#Cc1ccc2c(c1)sc1cc(Br)ccc12.OB(O)c1c2ccccc2c(-c2ccccc2)c2ccccc12. The molecular weight excluding hydrogens is 1010 g/mol. The second kappa shape index (κ2) is 19.9. The minimum atomic E-state index is -1.50. The Morgan fingerprint density at radius 1 is 0.324 bits per heavy atom. The van der Waals surface area contributed by atoms with Gasteiger partial charge in [0.1, 0.15) is 0 Å². The Morgan fingerprint density at radius 2 is 0.649 bits per heavy atom.